The molecule has 0 aliphatic carbocycles. The summed E-state index contributed by atoms with van der Waals surface area (Å²) >= 11 is 17.8. The van der Waals surface area contributed by atoms with Crippen molar-refractivity contribution in [3.63, 3.8) is 0 Å². The van der Waals surface area contributed by atoms with Crippen LogP contribution in [0.15, 0.2) is 24.3 Å². The molecule has 3 nitrogen and oxygen atoms in total. The second-order valence-electron chi connectivity index (χ2n) is 3.85. The van der Waals surface area contributed by atoms with Gasteiger partial charge in [0.1, 0.15) is 5.75 Å². The molecule has 0 saturated heterocycles. The van der Waals surface area contributed by atoms with Crippen molar-refractivity contribution in [3.8, 4) is 11.6 Å². The molecule has 0 fully saturated rings. The summed E-state index contributed by atoms with van der Waals surface area (Å²) in [5.41, 5.74) is 1.43. The maximum absolute atomic E-state index is 9.08. The Morgan fingerprint density at radius 3 is 2.42 bits per heavy atom. The normalized spacial score (nSPS) is 10.6. The van der Waals surface area contributed by atoms with Crippen molar-refractivity contribution >= 4 is 34.8 Å². The van der Waals surface area contributed by atoms with Gasteiger partial charge in [-0.2, -0.15) is 0 Å². The molecule has 1 aromatic heterocycles. The van der Waals surface area contributed by atoms with E-state index in [0.29, 0.717) is 32.4 Å². The average molecular weight is 319 g/mol. The number of rotatable bonds is 3. The van der Waals surface area contributed by atoms with Crippen LogP contribution in [0, 0.1) is 6.92 Å². The fraction of sp³-hybridized carbons (Fsp3) is 0.154. The number of pyridine rings is 1. The van der Waals surface area contributed by atoms with Crippen molar-refractivity contribution in [2.75, 3.05) is 0 Å². The summed E-state index contributed by atoms with van der Waals surface area (Å²) in [5, 5.41) is 10.1. The lowest BCUT2D eigenvalue weighted by Gasteiger charge is -2.09. The highest BCUT2D eigenvalue weighted by atomic mass is 35.5. The molecule has 0 radical (unpaired) electrons. The lowest BCUT2D eigenvalue weighted by Crippen LogP contribution is -1.95. The highest BCUT2D eigenvalue weighted by Crippen LogP contribution is 2.36. The molecule has 0 saturated carbocycles. The molecule has 6 heteroatoms. The number of nitrogens with zero attached hydrogens (tertiary/aromatic N) is 1. The zero-order valence-electron chi connectivity index (χ0n) is 9.95. The quantitative estimate of drug-likeness (QED) is 0.839. The number of hydrogen-bond donors (Lipinski definition) is 1. The Balaban J connectivity index is 2.31. The fourth-order valence-corrected chi connectivity index (χ4v) is 2.06. The Labute approximate surface area is 125 Å². The molecule has 0 aliphatic heterocycles. The Hall–Kier alpha value is -1.00. The van der Waals surface area contributed by atoms with Crippen LogP contribution in [0.25, 0.3) is 0 Å². The Bertz CT molecular complexity index is 617. The number of hydrogen-bond acceptors (Lipinski definition) is 3. The van der Waals surface area contributed by atoms with Crippen LogP contribution in [0.2, 0.25) is 15.1 Å². The smallest absolute Gasteiger partial charge is 0.219 e. The van der Waals surface area contributed by atoms with Gasteiger partial charge in [-0.1, -0.05) is 34.8 Å². The zero-order chi connectivity index (χ0) is 14.0. The lowest BCUT2D eigenvalue weighted by molar-refractivity contribution is 0.280. The van der Waals surface area contributed by atoms with Gasteiger partial charge in [-0.05, 0) is 24.6 Å². The molecule has 0 bridgehead atoms. The van der Waals surface area contributed by atoms with Gasteiger partial charge in [-0.3, -0.25) is 0 Å². The van der Waals surface area contributed by atoms with Crippen molar-refractivity contribution in [1.29, 1.82) is 0 Å². The number of ether oxygens (including phenoxy) is 1. The van der Waals surface area contributed by atoms with Gasteiger partial charge in [-0.15, -0.1) is 0 Å². The molecule has 0 spiro atoms. The Kier molecular flexibility index (Phi) is 4.53. The second-order valence-corrected chi connectivity index (χ2v) is 5.07. The first kappa shape index (κ1) is 14.4. The van der Waals surface area contributed by atoms with E-state index in [0.717, 1.165) is 5.56 Å². The molecule has 1 N–H and O–H groups in total. The highest BCUT2D eigenvalue weighted by molar-refractivity contribution is 6.43. The summed E-state index contributed by atoms with van der Waals surface area (Å²) in [6.45, 7) is 1.72. The monoisotopic (exact) mass is 317 g/mol. The van der Waals surface area contributed by atoms with Gasteiger partial charge in [0.15, 0.2) is 0 Å². The third-order valence-corrected chi connectivity index (χ3v) is 3.55. The van der Waals surface area contributed by atoms with E-state index in [1.165, 1.54) is 12.1 Å². The molecule has 0 aliphatic rings. The van der Waals surface area contributed by atoms with Gasteiger partial charge in [0.2, 0.25) is 5.88 Å². The van der Waals surface area contributed by atoms with E-state index < -0.39 is 0 Å². The molecule has 2 aromatic rings. The number of aryl methyl sites for hydroxylation is 1. The van der Waals surface area contributed by atoms with Crippen molar-refractivity contribution < 1.29 is 9.84 Å². The summed E-state index contributed by atoms with van der Waals surface area (Å²) in [7, 11) is 0. The van der Waals surface area contributed by atoms with Crippen LogP contribution in [0.1, 0.15) is 11.3 Å². The maximum Gasteiger partial charge on any atom is 0.219 e. The molecule has 2 rings (SSSR count). The van der Waals surface area contributed by atoms with Gasteiger partial charge >= 0.3 is 0 Å². The molecule has 100 valence electrons. The molecular formula is C13H10Cl3NO2. The molecule has 0 unspecified atom stereocenters. The third kappa shape index (κ3) is 3.31. The molecule has 1 heterocycles. The number of aliphatic hydroxyl groups is 1. The number of halogens is 3. The summed E-state index contributed by atoms with van der Waals surface area (Å²) in [5.74, 6) is 0.745. The van der Waals surface area contributed by atoms with Crippen LogP contribution in [0.5, 0.6) is 11.6 Å². The highest BCUT2D eigenvalue weighted by Gasteiger charge is 2.09. The van der Waals surface area contributed by atoms with Crippen molar-refractivity contribution in [2.45, 2.75) is 13.5 Å². The zero-order valence-corrected chi connectivity index (χ0v) is 12.2. The summed E-state index contributed by atoms with van der Waals surface area (Å²) in [6, 6.07) is 6.43. The third-order valence-electron chi connectivity index (χ3n) is 2.53. The predicted molar refractivity (Wildman–Crippen MR) is 76.4 cm³/mol. The van der Waals surface area contributed by atoms with Crippen LogP contribution in [-0.2, 0) is 6.61 Å². The average Bonchev–Trinajstić information content (AvgIpc) is 2.36. The second kappa shape index (κ2) is 5.97. The first-order chi connectivity index (χ1) is 9.01. The van der Waals surface area contributed by atoms with E-state index in [9.17, 15) is 0 Å². The van der Waals surface area contributed by atoms with Crippen molar-refractivity contribution in [2.24, 2.45) is 0 Å². The van der Waals surface area contributed by atoms with Crippen LogP contribution < -0.4 is 4.74 Å². The van der Waals surface area contributed by atoms with E-state index in [2.05, 4.69) is 4.98 Å². The van der Waals surface area contributed by atoms with Gasteiger partial charge in [0.25, 0.3) is 0 Å². The standard InChI is InChI=1S/C13H10Cl3NO2/c1-7-8(6-18)2-3-13(17-7)19-12-5-10(15)9(14)4-11(12)16/h2-5,18H,6H2,1H3. The fourth-order valence-electron chi connectivity index (χ4n) is 1.49. The number of aromatic nitrogens is 1. The van der Waals surface area contributed by atoms with E-state index >= 15 is 0 Å². The molecular weight excluding hydrogens is 309 g/mol. The Morgan fingerprint density at radius 2 is 1.79 bits per heavy atom. The lowest BCUT2D eigenvalue weighted by atomic mass is 10.2. The molecule has 0 atom stereocenters. The summed E-state index contributed by atoms with van der Waals surface area (Å²) in [4.78, 5) is 4.22. The van der Waals surface area contributed by atoms with E-state index in [4.69, 9.17) is 44.6 Å². The van der Waals surface area contributed by atoms with Gasteiger partial charge in [0, 0.05) is 17.8 Å². The molecule has 0 amide bonds. The minimum absolute atomic E-state index is 0.0629. The minimum Gasteiger partial charge on any atom is -0.437 e. The van der Waals surface area contributed by atoms with Gasteiger partial charge in [-0.25, -0.2) is 4.98 Å². The van der Waals surface area contributed by atoms with E-state index in [1.54, 1.807) is 19.1 Å². The first-order valence-electron chi connectivity index (χ1n) is 5.41. The van der Waals surface area contributed by atoms with Crippen LogP contribution in [-0.4, -0.2) is 10.1 Å². The van der Waals surface area contributed by atoms with Crippen molar-refractivity contribution in [1.82, 2.24) is 4.98 Å². The first-order valence-corrected chi connectivity index (χ1v) is 6.54. The van der Waals surface area contributed by atoms with Crippen LogP contribution in [0.4, 0.5) is 0 Å². The van der Waals surface area contributed by atoms with Crippen molar-refractivity contribution in [3.05, 3.63) is 50.6 Å². The van der Waals surface area contributed by atoms with Crippen LogP contribution >= 0.6 is 34.8 Å². The van der Waals surface area contributed by atoms with Crippen LogP contribution in [0.3, 0.4) is 0 Å². The molecule has 1 aromatic carbocycles. The minimum atomic E-state index is -0.0629. The van der Waals surface area contributed by atoms with E-state index in [-0.39, 0.29) is 6.61 Å². The largest absolute Gasteiger partial charge is 0.437 e. The maximum atomic E-state index is 9.08. The predicted octanol–water partition coefficient (Wildman–Crippen LogP) is 4.63. The van der Waals surface area contributed by atoms with Gasteiger partial charge < -0.3 is 9.84 Å². The van der Waals surface area contributed by atoms with E-state index in [1.807, 2.05) is 0 Å². The summed E-state index contributed by atoms with van der Waals surface area (Å²) < 4.78 is 5.56. The topological polar surface area (TPSA) is 42.4 Å². The Morgan fingerprint density at radius 1 is 1.11 bits per heavy atom. The number of benzene rings is 1. The number of aliphatic hydroxyl groups excluding tert-OH is 1. The SMILES string of the molecule is Cc1nc(Oc2cc(Cl)c(Cl)cc2Cl)ccc1CO. The molecule has 19 heavy (non-hydrogen) atoms. The van der Waals surface area contributed by atoms with Gasteiger partial charge in [0.05, 0.1) is 21.7 Å². The summed E-state index contributed by atoms with van der Waals surface area (Å²) in [6.07, 6.45) is 0.